The minimum atomic E-state index is -0.713. The molecular formula is C18H14F3IN2O2. The van der Waals surface area contributed by atoms with Crippen LogP contribution in [0.2, 0.25) is 0 Å². The summed E-state index contributed by atoms with van der Waals surface area (Å²) >= 11 is 1.84. The van der Waals surface area contributed by atoms with Gasteiger partial charge in [0.2, 0.25) is 5.88 Å². The summed E-state index contributed by atoms with van der Waals surface area (Å²) in [6, 6.07) is 9.23. The average molecular weight is 474 g/mol. The van der Waals surface area contributed by atoms with Crippen LogP contribution in [-0.4, -0.2) is 17.5 Å². The van der Waals surface area contributed by atoms with Crippen LogP contribution in [0.25, 0.3) is 0 Å². The van der Waals surface area contributed by atoms with Gasteiger partial charge in [0.1, 0.15) is 27.6 Å². The van der Waals surface area contributed by atoms with E-state index >= 15 is 0 Å². The Hall–Kier alpha value is -2.23. The molecule has 26 heavy (non-hydrogen) atoms. The summed E-state index contributed by atoms with van der Waals surface area (Å²) < 4.78 is 45.6. The Bertz CT molecular complexity index is 873. The van der Waals surface area contributed by atoms with Gasteiger partial charge in [0.25, 0.3) is 5.91 Å². The van der Waals surface area contributed by atoms with Crippen molar-refractivity contribution in [1.82, 2.24) is 10.2 Å². The lowest BCUT2D eigenvalue weighted by atomic mass is 10.2. The van der Waals surface area contributed by atoms with E-state index in [1.54, 1.807) is 12.1 Å². The normalized spacial score (nSPS) is 14.5. The van der Waals surface area contributed by atoms with Crippen molar-refractivity contribution in [1.29, 1.82) is 0 Å². The first-order valence-electron chi connectivity index (χ1n) is 7.68. The van der Waals surface area contributed by atoms with Crippen molar-refractivity contribution in [2.45, 2.75) is 13.2 Å². The lowest BCUT2D eigenvalue weighted by Gasteiger charge is -2.29. The zero-order chi connectivity index (χ0) is 18.7. The number of halogens is 4. The Kier molecular flexibility index (Phi) is 5.70. The highest BCUT2D eigenvalue weighted by atomic mass is 127. The maximum atomic E-state index is 13.7. The fourth-order valence-electron chi connectivity index (χ4n) is 2.44. The van der Waals surface area contributed by atoms with Gasteiger partial charge in [-0.15, -0.1) is 0 Å². The molecule has 0 saturated carbocycles. The Balaban J connectivity index is 1.66. The number of ether oxygens (including phenoxy) is 1. The highest BCUT2D eigenvalue weighted by molar-refractivity contribution is 14.1. The molecule has 8 heteroatoms. The third-order valence-corrected chi connectivity index (χ3v) is 4.71. The van der Waals surface area contributed by atoms with E-state index in [1.807, 2.05) is 22.6 Å². The predicted molar refractivity (Wildman–Crippen MR) is 97.1 cm³/mol. The molecule has 0 fully saturated rings. The lowest BCUT2D eigenvalue weighted by Crippen LogP contribution is -2.44. The van der Waals surface area contributed by atoms with Crippen molar-refractivity contribution in [2.24, 2.45) is 0 Å². The second kappa shape index (κ2) is 7.98. The zero-order valence-corrected chi connectivity index (χ0v) is 15.6. The molecule has 0 atom stereocenters. The van der Waals surface area contributed by atoms with Gasteiger partial charge in [-0.1, -0.05) is 12.1 Å². The number of nitrogens with zero attached hydrogens (tertiary/aromatic N) is 1. The Morgan fingerprint density at radius 3 is 2.62 bits per heavy atom. The summed E-state index contributed by atoms with van der Waals surface area (Å²) in [4.78, 5) is 14.0. The van der Waals surface area contributed by atoms with Gasteiger partial charge < -0.3 is 15.0 Å². The van der Waals surface area contributed by atoms with Crippen LogP contribution in [0, 0.1) is 17.5 Å². The van der Waals surface area contributed by atoms with Crippen molar-refractivity contribution in [3.05, 3.63) is 80.5 Å². The smallest absolute Gasteiger partial charge is 0.267 e. The molecule has 0 aromatic heterocycles. The molecule has 0 radical (unpaired) electrons. The molecule has 1 amide bonds. The number of amides is 1. The van der Waals surface area contributed by atoms with E-state index in [9.17, 15) is 18.0 Å². The van der Waals surface area contributed by atoms with Crippen LogP contribution in [0.3, 0.4) is 0 Å². The first-order valence-corrected chi connectivity index (χ1v) is 8.76. The van der Waals surface area contributed by atoms with Crippen LogP contribution in [0.4, 0.5) is 13.2 Å². The van der Waals surface area contributed by atoms with E-state index < -0.39 is 11.6 Å². The fraction of sp³-hybridized carbons (Fsp3) is 0.167. The van der Waals surface area contributed by atoms with Crippen molar-refractivity contribution in [3.63, 3.8) is 0 Å². The second-order valence-electron chi connectivity index (χ2n) is 5.64. The number of hydrogen-bond donors (Lipinski definition) is 1. The molecule has 0 saturated heterocycles. The maximum Gasteiger partial charge on any atom is 0.267 e. The molecule has 0 bridgehead atoms. The SMILES string of the molecule is O=C1C(I)=C(OCc2ccc(F)cc2F)NCN1Cc1cccc(F)c1. The second-order valence-corrected chi connectivity index (χ2v) is 6.71. The topological polar surface area (TPSA) is 41.6 Å². The summed E-state index contributed by atoms with van der Waals surface area (Å²) in [6.45, 7) is 0.275. The number of carbonyl (C=O) groups excluding carboxylic acids is 1. The molecule has 2 aromatic rings. The van der Waals surface area contributed by atoms with Crippen LogP contribution in [0.5, 0.6) is 0 Å². The molecule has 0 unspecified atom stereocenters. The lowest BCUT2D eigenvalue weighted by molar-refractivity contribution is -0.128. The van der Waals surface area contributed by atoms with Gasteiger partial charge in [-0.2, -0.15) is 0 Å². The minimum absolute atomic E-state index is 0.141. The van der Waals surface area contributed by atoms with Crippen molar-refractivity contribution < 1.29 is 22.7 Å². The quantitative estimate of drug-likeness (QED) is 0.671. The molecule has 0 spiro atoms. The fourth-order valence-corrected chi connectivity index (χ4v) is 3.13. The number of hydrogen-bond acceptors (Lipinski definition) is 3. The number of nitrogens with one attached hydrogen (secondary N) is 1. The maximum absolute atomic E-state index is 13.7. The standard InChI is InChI=1S/C18H14F3IN2O2/c19-13-3-1-2-11(6-13)8-24-10-23-17(16(22)18(24)25)26-9-12-4-5-14(20)7-15(12)21/h1-7,23H,8-10H2. The first-order chi connectivity index (χ1) is 12.4. The van der Waals surface area contributed by atoms with Gasteiger partial charge in [-0.25, -0.2) is 13.2 Å². The first kappa shape index (κ1) is 18.6. The molecular weight excluding hydrogens is 460 g/mol. The van der Waals surface area contributed by atoms with Crippen LogP contribution in [-0.2, 0) is 22.7 Å². The summed E-state index contributed by atoms with van der Waals surface area (Å²) in [5.74, 6) is -1.79. The minimum Gasteiger partial charge on any atom is -0.473 e. The van der Waals surface area contributed by atoms with E-state index in [0.717, 1.165) is 12.1 Å². The van der Waals surface area contributed by atoms with Gasteiger partial charge in [-0.05, 0) is 52.4 Å². The van der Waals surface area contributed by atoms with E-state index in [4.69, 9.17) is 4.74 Å². The monoisotopic (exact) mass is 474 g/mol. The molecule has 3 rings (SSSR count). The predicted octanol–water partition coefficient (Wildman–Crippen LogP) is 3.81. The summed E-state index contributed by atoms with van der Waals surface area (Å²) in [6.07, 6.45) is 0. The molecule has 1 heterocycles. The third kappa shape index (κ3) is 4.29. The number of rotatable bonds is 5. The van der Waals surface area contributed by atoms with Gasteiger partial charge in [0.05, 0.1) is 6.67 Å². The number of benzene rings is 2. The third-order valence-electron chi connectivity index (χ3n) is 3.75. The highest BCUT2D eigenvalue weighted by Gasteiger charge is 2.26. The molecule has 0 aliphatic carbocycles. The summed E-state index contributed by atoms with van der Waals surface area (Å²) in [7, 11) is 0. The van der Waals surface area contributed by atoms with Crippen molar-refractivity contribution in [3.8, 4) is 0 Å². The Labute approximate surface area is 161 Å². The van der Waals surface area contributed by atoms with Gasteiger partial charge >= 0.3 is 0 Å². The van der Waals surface area contributed by atoms with Gasteiger partial charge in [-0.3, -0.25) is 4.79 Å². The van der Waals surface area contributed by atoms with Crippen LogP contribution < -0.4 is 5.32 Å². The number of carbonyl (C=O) groups is 1. The van der Waals surface area contributed by atoms with E-state index in [2.05, 4.69) is 5.32 Å². The summed E-state index contributed by atoms with van der Waals surface area (Å²) in [5, 5.41) is 2.95. The average Bonchev–Trinajstić information content (AvgIpc) is 2.60. The zero-order valence-electron chi connectivity index (χ0n) is 13.4. The highest BCUT2D eigenvalue weighted by Crippen LogP contribution is 2.22. The van der Waals surface area contributed by atoms with Crippen LogP contribution in [0.15, 0.2) is 51.9 Å². The molecule has 2 aromatic carbocycles. The molecule has 4 nitrogen and oxygen atoms in total. The molecule has 1 N–H and O–H groups in total. The van der Waals surface area contributed by atoms with Gasteiger partial charge in [0.15, 0.2) is 0 Å². The molecule has 1 aliphatic rings. The van der Waals surface area contributed by atoms with Crippen molar-refractivity contribution >= 4 is 28.5 Å². The van der Waals surface area contributed by atoms with E-state index in [-0.39, 0.29) is 43.0 Å². The largest absolute Gasteiger partial charge is 0.473 e. The van der Waals surface area contributed by atoms with Crippen molar-refractivity contribution in [2.75, 3.05) is 6.67 Å². The molecule has 136 valence electrons. The summed E-state index contributed by atoms with van der Waals surface area (Å²) in [5.41, 5.74) is 0.849. The van der Waals surface area contributed by atoms with Crippen LogP contribution in [0.1, 0.15) is 11.1 Å². The Morgan fingerprint density at radius 1 is 1.12 bits per heavy atom. The van der Waals surface area contributed by atoms with Crippen LogP contribution >= 0.6 is 22.6 Å². The Morgan fingerprint density at radius 2 is 1.88 bits per heavy atom. The van der Waals surface area contributed by atoms with E-state index in [1.165, 1.54) is 23.1 Å². The molecule has 1 aliphatic heterocycles. The van der Waals surface area contributed by atoms with Gasteiger partial charge in [0, 0.05) is 18.2 Å². The van der Waals surface area contributed by atoms with E-state index in [0.29, 0.717) is 9.14 Å².